The number of carbonyl (C=O) groups excluding carboxylic acids is 2. The van der Waals surface area contributed by atoms with E-state index in [0.29, 0.717) is 38.9 Å². The summed E-state index contributed by atoms with van der Waals surface area (Å²) in [6, 6.07) is 7.21. The van der Waals surface area contributed by atoms with E-state index in [1.807, 2.05) is 17.8 Å². The summed E-state index contributed by atoms with van der Waals surface area (Å²) in [5, 5.41) is 7.21. The molecule has 1 aromatic carbocycles. The highest BCUT2D eigenvalue weighted by molar-refractivity contribution is 5.84. The van der Waals surface area contributed by atoms with Crippen LogP contribution in [-0.2, 0) is 22.8 Å². The molecule has 2 aromatic rings. The number of piperidine rings is 2. The summed E-state index contributed by atoms with van der Waals surface area (Å²) in [4.78, 5) is 27.0. The van der Waals surface area contributed by atoms with Gasteiger partial charge in [-0.1, -0.05) is 18.2 Å². The van der Waals surface area contributed by atoms with Gasteiger partial charge < -0.3 is 10.2 Å². The molecule has 1 N–H and O–H groups in total. The van der Waals surface area contributed by atoms with Gasteiger partial charge in [-0.15, -0.1) is 0 Å². The van der Waals surface area contributed by atoms with Gasteiger partial charge in [0.25, 0.3) is 0 Å². The molecule has 1 spiro atoms. The van der Waals surface area contributed by atoms with Gasteiger partial charge >= 0.3 is 6.18 Å². The molecule has 6 nitrogen and oxygen atoms in total. The number of halogens is 3. The first-order chi connectivity index (χ1) is 15.1. The second-order valence-electron chi connectivity index (χ2n) is 8.91. The van der Waals surface area contributed by atoms with E-state index in [1.165, 1.54) is 25.1 Å². The predicted molar refractivity (Wildman–Crippen MR) is 112 cm³/mol. The first-order valence-electron chi connectivity index (χ1n) is 10.8. The van der Waals surface area contributed by atoms with Crippen LogP contribution >= 0.6 is 0 Å². The summed E-state index contributed by atoms with van der Waals surface area (Å²) >= 11 is 0. The number of benzene rings is 1. The Labute approximate surface area is 184 Å². The smallest absolute Gasteiger partial charge is 0.355 e. The Bertz CT molecular complexity index is 1010. The van der Waals surface area contributed by atoms with Crippen molar-refractivity contribution in [2.45, 2.75) is 44.2 Å². The van der Waals surface area contributed by atoms with Crippen molar-refractivity contribution in [1.82, 2.24) is 20.0 Å². The van der Waals surface area contributed by atoms with Crippen LogP contribution in [0.1, 0.15) is 54.8 Å². The fraction of sp³-hybridized carbons (Fsp3) is 0.522. The molecule has 4 rings (SSSR count). The van der Waals surface area contributed by atoms with Crippen molar-refractivity contribution in [3.05, 3.63) is 53.3 Å². The number of rotatable bonds is 3. The first-order valence-corrected chi connectivity index (χ1v) is 10.8. The lowest BCUT2D eigenvalue weighted by Crippen LogP contribution is -2.53. The summed E-state index contributed by atoms with van der Waals surface area (Å²) in [5.74, 6) is -1.14. The molecule has 2 amide bonds. The molecule has 0 radical (unpaired) electrons. The zero-order chi connectivity index (χ0) is 23.1. The van der Waals surface area contributed by atoms with Gasteiger partial charge in [0.15, 0.2) is 0 Å². The molecule has 2 aliphatic heterocycles. The number of nitrogens with zero attached hydrogens (tertiary/aromatic N) is 3. The number of nitrogens with one attached hydrogen (secondary N) is 1. The van der Waals surface area contributed by atoms with Crippen molar-refractivity contribution < 1.29 is 22.8 Å². The van der Waals surface area contributed by atoms with Crippen molar-refractivity contribution in [2.24, 2.45) is 12.5 Å². The first kappa shape index (κ1) is 22.4. The van der Waals surface area contributed by atoms with Crippen LogP contribution in [0.4, 0.5) is 13.2 Å². The second kappa shape index (κ2) is 8.26. The summed E-state index contributed by atoms with van der Waals surface area (Å²) in [6.45, 7) is 2.88. The van der Waals surface area contributed by atoms with Crippen molar-refractivity contribution >= 4 is 11.8 Å². The number of hydrogen-bond acceptors (Lipinski definition) is 3. The maximum absolute atomic E-state index is 13.4. The zero-order valence-corrected chi connectivity index (χ0v) is 18.2. The number of alkyl halides is 3. The van der Waals surface area contributed by atoms with Gasteiger partial charge in [-0.2, -0.15) is 18.3 Å². The number of aromatic nitrogens is 2. The summed E-state index contributed by atoms with van der Waals surface area (Å²) in [7, 11) is 1.87. The van der Waals surface area contributed by atoms with E-state index in [4.69, 9.17) is 0 Å². The van der Waals surface area contributed by atoms with Crippen molar-refractivity contribution in [2.75, 3.05) is 19.6 Å². The minimum absolute atomic E-state index is 0.00401. The molecule has 0 aliphatic carbocycles. The Morgan fingerprint density at radius 3 is 2.53 bits per heavy atom. The molecule has 0 saturated carbocycles. The quantitative estimate of drug-likeness (QED) is 0.782. The van der Waals surface area contributed by atoms with E-state index >= 15 is 0 Å². The zero-order valence-electron chi connectivity index (χ0n) is 18.2. The third-order valence-corrected chi connectivity index (χ3v) is 7.15. The number of likely N-dealkylation sites (tertiary alicyclic amines) is 1. The fourth-order valence-electron chi connectivity index (χ4n) is 5.32. The van der Waals surface area contributed by atoms with Crippen molar-refractivity contribution in [1.29, 1.82) is 0 Å². The van der Waals surface area contributed by atoms with Crippen LogP contribution in [0.15, 0.2) is 36.5 Å². The molecule has 3 heterocycles. The Morgan fingerprint density at radius 2 is 1.91 bits per heavy atom. The summed E-state index contributed by atoms with van der Waals surface area (Å²) < 4.78 is 42.1. The topological polar surface area (TPSA) is 67.2 Å². The predicted octanol–water partition coefficient (Wildman–Crippen LogP) is 3.45. The Kier molecular flexibility index (Phi) is 5.77. The third kappa shape index (κ3) is 4.00. The maximum Gasteiger partial charge on any atom is 0.416 e. The van der Waals surface area contributed by atoms with Crippen LogP contribution in [0.3, 0.4) is 0 Å². The Morgan fingerprint density at radius 1 is 1.22 bits per heavy atom. The van der Waals surface area contributed by atoms with Crippen LogP contribution in [-0.4, -0.2) is 46.1 Å². The van der Waals surface area contributed by atoms with Crippen molar-refractivity contribution in [3.8, 4) is 0 Å². The Hall–Kier alpha value is -2.84. The summed E-state index contributed by atoms with van der Waals surface area (Å²) in [6.07, 6.45) is -1.16. The maximum atomic E-state index is 13.4. The molecular weight excluding hydrogens is 421 g/mol. The van der Waals surface area contributed by atoms with Gasteiger partial charge in [0, 0.05) is 50.9 Å². The highest BCUT2D eigenvalue weighted by Crippen LogP contribution is 2.49. The van der Waals surface area contributed by atoms with Crippen LogP contribution in [0.2, 0.25) is 0 Å². The van der Waals surface area contributed by atoms with Gasteiger partial charge in [-0.3, -0.25) is 14.3 Å². The standard InChI is InChI=1S/C23H27F3N4O2/c1-15(16-5-3-4-6-17(16)23(24,25)26)21(32)30-11-8-22(9-12-30)13-20(31)27-14-18(22)19-7-10-28-29(19)2/h3-7,10,15,18H,8-9,11-14H2,1-2H3,(H,27,31). The average molecular weight is 448 g/mol. The molecule has 172 valence electrons. The molecule has 2 atom stereocenters. The lowest BCUT2D eigenvalue weighted by molar-refractivity contribution is -0.140. The molecule has 2 fully saturated rings. The van der Waals surface area contributed by atoms with Gasteiger partial charge in [0.1, 0.15) is 0 Å². The number of aryl methyl sites for hydroxylation is 1. The van der Waals surface area contributed by atoms with E-state index in [0.717, 1.165) is 11.8 Å². The van der Waals surface area contributed by atoms with Gasteiger partial charge in [0.2, 0.25) is 11.8 Å². The van der Waals surface area contributed by atoms with Crippen LogP contribution in [0, 0.1) is 5.41 Å². The van der Waals surface area contributed by atoms with E-state index in [1.54, 1.807) is 11.1 Å². The molecule has 2 saturated heterocycles. The van der Waals surface area contributed by atoms with E-state index in [-0.39, 0.29) is 28.7 Å². The lowest BCUT2D eigenvalue weighted by Gasteiger charge is -2.49. The number of carbonyl (C=O) groups is 2. The van der Waals surface area contributed by atoms with Gasteiger partial charge in [-0.05, 0) is 42.9 Å². The highest BCUT2D eigenvalue weighted by Gasteiger charge is 2.48. The third-order valence-electron chi connectivity index (χ3n) is 7.15. The van der Waals surface area contributed by atoms with Crippen LogP contribution < -0.4 is 5.32 Å². The SMILES string of the molecule is CC(C(=O)N1CCC2(CC1)CC(=O)NCC2c1ccnn1C)c1ccccc1C(F)(F)F. The highest BCUT2D eigenvalue weighted by atomic mass is 19.4. The van der Waals surface area contributed by atoms with Crippen molar-refractivity contribution in [3.63, 3.8) is 0 Å². The molecule has 9 heteroatoms. The molecule has 32 heavy (non-hydrogen) atoms. The van der Waals surface area contributed by atoms with E-state index < -0.39 is 17.7 Å². The molecule has 2 unspecified atom stereocenters. The normalized spacial score (nSPS) is 22.0. The molecule has 2 aliphatic rings. The molecule has 0 bridgehead atoms. The second-order valence-corrected chi connectivity index (χ2v) is 8.91. The Balaban J connectivity index is 1.52. The van der Waals surface area contributed by atoms with Gasteiger partial charge in [0.05, 0.1) is 11.5 Å². The number of amides is 2. The van der Waals surface area contributed by atoms with E-state index in [9.17, 15) is 22.8 Å². The van der Waals surface area contributed by atoms with Crippen LogP contribution in [0.25, 0.3) is 0 Å². The minimum atomic E-state index is -4.51. The monoisotopic (exact) mass is 448 g/mol. The largest absolute Gasteiger partial charge is 0.416 e. The minimum Gasteiger partial charge on any atom is -0.355 e. The fourth-order valence-corrected chi connectivity index (χ4v) is 5.32. The lowest BCUT2D eigenvalue weighted by atomic mass is 9.63. The van der Waals surface area contributed by atoms with Gasteiger partial charge in [-0.25, -0.2) is 0 Å². The number of hydrogen-bond donors (Lipinski definition) is 1. The van der Waals surface area contributed by atoms with Crippen LogP contribution in [0.5, 0.6) is 0 Å². The molecular formula is C23H27F3N4O2. The average Bonchev–Trinajstić information content (AvgIpc) is 3.18. The summed E-state index contributed by atoms with van der Waals surface area (Å²) in [5.41, 5.74) is -0.0260. The van der Waals surface area contributed by atoms with E-state index in [2.05, 4.69) is 10.4 Å². The molecule has 1 aromatic heterocycles.